The summed E-state index contributed by atoms with van der Waals surface area (Å²) in [5.41, 5.74) is -2.82. The molecule has 13 aliphatic carbocycles. The molecular weight excluding hydrogens is 1110 g/mol. The summed E-state index contributed by atoms with van der Waals surface area (Å²) in [5, 5.41) is 74.7. The highest BCUT2D eigenvalue weighted by atomic mass is 16.5. The van der Waals surface area contributed by atoms with Crippen molar-refractivity contribution < 1.29 is 44.6 Å². The lowest BCUT2D eigenvalue weighted by molar-refractivity contribution is -0.378. The van der Waals surface area contributed by atoms with Crippen molar-refractivity contribution in [3.63, 3.8) is 0 Å². The quantitative estimate of drug-likeness (QED) is 0.0627. The summed E-state index contributed by atoms with van der Waals surface area (Å²) in [6.07, 6.45) is 21.4. The fourth-order valence-electron chi connectivity index (χ4n) is 27.6. The van der Waals surface area contributed by atoms with Crippen LogP contribution in [0.15, 0.2) is 96.6 Å². The first kappa shape index (κ1) is 56.8. The van der Waals surface area contributed by atoms with Crippen LogP contribution in [0.5, 0.6) is 0 Å². The normalized spacial score (nSPS) is 50.2. The Kier molecular flexibility index (Phi) is 12.8. The van der Waals surface area contributed by atoms with Crippen LogP contribution in [0.2, 0.25) is 0 Å². The van der Waals surface area contributed by atoms with Gasteiger partial charge in [-0.05, 0) is 240 Å². The minimum Gasteiger partial charge on any atom is -0.454 e. The molecule has 2 spiro atoms. The molecule has 0 radical (unpaired) electrons. The van der Waals surface area contributed by atoms with E-state index in [2.05, 4.69) is 95.7 Å². The predicted octanol–water partition coefficient (Wildman–Crippen LogP) is 10.2. The summed E-state index contributed by atoms with van der Waals surface area (Å²) in [7, 11) is 1.94. The Bertz CT molecular complexity index is 3610. The smallest absolute Gasteiger partial charge is 0.331 e. The molecule has 0 aromatic heterocycles. The molecule has 19 bridgehead atoms. The van der Waals surface area contributed by atoms with Gasteiger partial charge in [-0.1, -0.05) is 96.6 Å². The number of likely N-dealkylation sites (N-methyl/N-ethyl adjacent to an activating group) is 1. The molecule has 16 aliphatic rings. The van der Waals surface area contributed by atoms with Gasteiger partial charge in [-0.3, -0.25) is 0 Å². The molecule has 27 atom stereocenters. The highest BCUT2D eigenvalue weighted by Gasteiger charge is 2.89. The van der Waals surface area contributed by atoms with Gasteiger partial charge in [0.1, 0.15) is 18.0 Å². The number of nitrogens with one attached hydrogen (secondary N) is 1. The zero-order chi connectivity index (χ0) is 60.2. The lowest BCUT2D eigenvalue weighted by atomic mass is 9.30. The van der Waals surface area contributed by atoms with Crippen LogP contribution in [0, 0.1) is 134 Å². The molecule has 3 aromatic rings. The summed E-state index contributed by atoms with van der Waals surface area (Å²) >= 11 is 0. The monoisotopic (exact) mass is 1200 g/mol. The van der Waals surface area contributed by atoms with Crippen molar-refractivity contribution in [1.29, 1.82) is 0 Å². The molecule has 3 aliphatic heterocycles. The van der Waals surface area contributed by atoms with Crippen LogP contribution in [-0.4, -0.2) is 92.6 Å². The van der Waals surface area contributed by atoms with Crippen LogP contribution in [0.25, 0.3) is 0 Å². The number of benzene rings is 3. The van der Waals surface area contributed by atoms with Crippen molar-refractivity contribution >= 4 is 12.3 Å². The number of allylic oxidation sites excluding steroid dienone is 2. The number of rotatable bonds is 5. The Morgan fingerprint density at radius 2 is 1.61 bits per heavy atom. The van der Waals surface area contributed by atoms with Crippen LogP contribution >= 0.6 is 0 Å². The van der Waals surface area contributed by atoms with E-state index >= 15 is 20.1 Å². The molecule has 9 saturated carbocycles. The standard InChI is InChI=1S/C79H91NO9/c1-80-68-36-61-49(16-8-19-53(61)41-81)15-5-6-26-74-38-52-18-10-21-60-59(48-13-3-2-4-14-48)24-25-65-63(60)33-54-32-57-30-46-12-7-11-45(27-46)28-47-22-23-51(29-47)58-20-9-17-50-31-67-72(88-57)75(54,65)42-73(43-82)71(52)77(85,39-56(35-62(50)58)79(67,73)87)78(74,86)40-55-34-64(68)70-66(37-69(84)89-70)76(55,74)44-83/h2-4,7-9,11-14,16-17,19,27,37,43,47,50-52,54-60,62-65,67-68,70-72,80-81,83,85-87H,6,20-26,28-36,38-42,44H2,1H3. The average Bonchev–Trinajstić information content (AvgIpc) is 1.59. The van der Waals surface area contributed by atoms with Crippen molar-refractivity contribution in [3.05, 3.63) is 130 Å². The fraction of sp³-hybridized carbons (Fsp3) is 0.646. The van der Waals surface area contributed by atoms with Crippen molar-refractivity contribution in [3.8, 4) is 23.7 Å². The topological polar surface area (TPSA) is 166 Å². The predicted molar refractivity (Wildman–Crippen MR) is 336 cm³/mol. The third-order valence-corrected chi connectivity index (χ3v) is 30.3. The van der Waals surface area contributed by atoms with Gasteiger partial charge >= 0.3 is 5.97 Å². The maximum Gasteiger partial charge on any atom is 0.331 e. The van der Waals surface area contributed by atoms with Gasteiger partial charge in [-0.2, -0.15) is 0 Å². The Morgan fingerprint density at radius 1 is 0.775 bits per heavy atom. The van der Waals surface area contributed by atoms with Gasteiger partial charge in [0, 0.05) is 70.4 Å². The number of fused-ring (bicyclic) bond motifs is 10. The highest BCUT2D eigenvalue weighted by Crippen LogP contribution is 2.85. The fourth-order valence-corrected chi connectivity index (χ4v) is 27.6. The number of carbonyl (C=O) groups is 2. The van der Waals surface area contributed by atoms with Crippen LogP contribution in [0.3, 0.4) is 0 Å². The van der Waals surface area contributed by atoms with E-state index < -0.39 is 80.1 Å². The van der Waals surface area contributed by atoms with Crippen molar-refractivity contribution in [2.24, 2.45) is 110 Å². The second kappa shape index (κ2) is 20.1. The summed E-state index contributed by atoms with van der Waals surface area (Å²) in [5.74, 6) is 14.3. The molecule has 3 heterocycles. The lowest BCUT2D eigenvalue weighted by Crippen LogP contribution is -2.85. The number of esters is 1. The van der Waals surface area contributed by atoms with E-state index in [0.717, 1.165) is 68.1 Å². The third-order valence-electron chi connectivity index (χ3n) is 30.3. The van der Waals surface area contributed by atoms with Gasteiger partial charge in [0.25, 0.3) is 0 Å². The summed E-state index contributed by atoms with van der Waals surface area (Å²) in [6.45, 7) is -0.532. The minimum atomic E-state index is -2.00. The average molecular weight is 1200 g/mol. The Hall–Kier alpha value is -4.88. The van der Waals surface area contributed by atoms with Crippen LogP contribution in [-0.2, 0) is 44.9 Å². The third kappa shape index (κ3) is 7.28. The molecule has 3 aromatic carbocycles. The number of aldehydes is 1. The first-order valence-electron chi connectivity index (χ1n) is 35.3. The van der Waals surface area contributed by atoms with Gasteiger partial charge in [0.2, 0.25) is 0 Å². The van der Waals surface area contributed by atoms with Crippen LogP contribution in [0.4, 0.5) is 0 Å². The van der Waals surface area contributed by atoms with Gasteiger partial charge in [-0.25, -0.2) is 4.79 Å². The molecule has 1 saturated heterocycles. The Labute approximate surface area is 525 Å². The zero-order valence-corrected chi connectivity index (χ0v) is 51.9. The van der Waals surface area contributed by atoms with E-state index in [1.807, 2.05) is 25.2 Å². The number of carbonyl (C=O) groups excluding carboxylic acids is 2. The molecule has 0 amide bonds. The summed E-state index contributed by atoms with van der Waals surface area (Å²) < 4.78 is 14.8. The van der Waals surface area contributed by atoms with Gasteiger partial charge < -0.3 is 45.1 Å². The molecule has 89 heavy (non-hydrogen) atoms. The van der Waals surface area contributed by atoms with E-state index in [4.69, 9.17) is 9.47 Å². The Morgan fingerprint density at radius 3 is 2.44 bits per heavy atom. The number of ether oxygens (including phenoxy) is 2. The zero-order valence-electron chi connectivity index (χ0n) is 51.9. The van der Waals surface area contributed by atoms with Gasteiger partial charge in [-0.15, -0.1) is 5.92 Å². The van der Waals surface area contributed by atoms with E-state index in [9.17, 15) is 15.0 Å². The van der Waals surface area contributed by atoms with E-state index in [0.29, 0.717) is 67.8 Å². The molecule has 27 unspecified atom stereocenters. The number of aliphatic hydroxyl groups is 5. The molecule has 6 N–H and O–H groups in total. The highest BCUT2D eigenvalue weighted by molar-refractivity contribution is 5.87. The van der Waals surface area contributed by atoms with E-state index in [-0.39, 0.29) is 98.6 Å². The first-order valence-corrected chi connectivity index (χ1v) is 35.3. The molecule has 10 fully saturated rings. The lowest BCUT2D eigenvalue weighted by Gasteiger charge is -2.76. The number of hydrogen-bond donors (Lipinski definition) is 6. The maximum absolute atomic E-state index is 16.4. The number of aliphatic hydroxyl groups excluding tert-OH is 2. The van der Waals surface area contributed by atoms with Crippen LogP contribution in [0.1, 0.15) is 155 Å². The second-order valence-corrected chi connectivity index (χ2v) is 32.5. The molecule has 10 nitrogen and oxygen atoms in total. The largest absolute Gasteiger partial charge is 0.454 e. The van der Waals surface area contributed by atoms with Crippen molar-refractivity contribution in [2.45, 2.75) is 189 Å². The van der Waals surface area contributed by atoms with E-state index in [1.165, 1.54) is 42.2 Å². The molecule has 10 heteroatoms. The molecule has 466 valence electrons. The van der Waals surface area contributed by atoms with Crippen LogP contribution < -0.4 is 5.32 Å². The van der Waals surface area contributed by atoms with Gasteiger partial charge in [0.15, 0.2) is 0 Å². The maximum atomic E-state index is 16.4. The van der Waals surface area contributed by atoms with Crippen molar-refractivity contribution in [1.82, 2.24) is 5.32 Å². The first-order chi connectivity index (χ1) is 43.3. The second-order valence-electron chi connectivity index (χ2n) is 32.5. The van der Waals surface area contributed by atoms with Crippen molar-refractivity contribution in [2.75, 3.05) is 13.7 Å². The Balaban J connectivity index is 0.895. The summed E-state index contributed by atoms with van der Waals surface area (Å²) in [6, 6.07) is 26.2. The summed E-state index contributed by atoms with van der Waals surface area (Å²) in [4.78, 5) is 30.8. The molecule has 19 rings (SSSR count). The van der Waals surface area contributed by atoms with Gasteiger partial charge in [0.05, 0.1) is 42.0 Å². The SMILES string of the molecule is CNC1Cc2c(cccc2CO)C#CCCC23CC4C#CCC5C(c6ccccc6)CCC6C5CC5CC7Cc8cccc(c8)CC8CCC(C8)C8CC=CC9CC%10C(O7)C56CC5(C=O)C4C(O)(CC(CC98)C%105O)C2(O)CC2CC1C1OC(=O)C=C1C23CO. The number of hydrogen-bond acceptors (Lipinski definition) is 10. The van der Waals surface area contributed by atoms with E-state index in [1.54, 1.807) is 6.08 Å². The minimum absolute atomic E-state index is 0.0711. The molecular formula is C79H91NO9.